The highest BCUT2D eigenvalue weighted by Crippen LogP contribution is 2.29. The summed E-state index contributed by atoms with van der Waals surface area (Å²) in [4.78, 5) is 15.1. The molecule has 5 heteroatoms. The van der Waals surface area contributed by atoms with Crippen LogP contribution >= 0.6 is 15.9 Å². The van der Waals surface area contributed by atoms with Crippen LogP contribution in [0, 0.1) is 5.92 Å². The van der Waals surface area contributed by atoms with E-state index in [1.807, 2.05) is 0 Å². The van der Waals surface area contributed by atoms with Crippen LogP contribution in [0.2, 0.25) is 0 Å². The maximum Gasteiger partial charge on any atom is 0.228 e. The molecule has 0 radical (unpaired) electrons. The van der Waals surface area contributed by atoms with Crippen molar-refractivity contribution in [1.29, 1.82) is 0 Å². The summed E-state index contributed by atoms with van der Waals surface area (Å²) in [6, 6.07) is 1.60. The standard InChI is InChI=1S/C9H11BrN2O2/c1-5(2)9(14)12-8-7(13)6(10)3-4-11-8/h3-5,13H,1-2H3,(H,11,12,14). The van der Waals surface area contributed by atoms with Gasteiger partial charge in [-0.25, -0.2) is 4.98 Å². The lowest BCUT2D eigenvalue weighted by Crippen LogP contribution is -2.18. The van der Waals surface area contributed by atoms with Crippen molar-refractivity contribution in [2.24, 2.45) is 5.92 Å². The summed E-state index contributed by atoms with van der Waals surface area (Å²) in [7, 11) is 0. The van der Waals surface area contributed by atoms with E-state index in [-0.39, 0.29) is 23.4 Å². The van der Waals surface area contributed by atoms with Gasteiger partial charge in [-0.1, -0.05) is 13.8 Å². The van der Waals surface area contributed by atoms with Gasteiger partial charge in [0.25, 0.3) is 0 Å². The van der Waals surface area contributed by atoms with Gasteiger partial charge in [-0.2, -0.15) is 0 Å². The van der Waals surface area contributed by atoms with Crippen LogP contribution in [-0.2, 0) is 4.79 Å². The van der Waals surface area contributed by atoms with E-state index in [0.29, 0.717) is 4.47 Å². The fourth-order valence-electron chi connectivity index (χ4n) is 0.783. The molecule has 0 fully saturated rings. The number of nitrogens with zero attached hydrogens (tertiary/aromatic N) is 1. The van der Waals surface area contributed by atoms with Crippen LogP contribution < -0.4 is 5.32 Å². The van der Waals surface area contributed by atoms with E-state index in [4.69, 9.17) is 0 Å². The van der Waals surface area contributed by atoms with E-state index in [2.05, 4.69) is 26.2 Å². The number of pyridine rings is 1. The number of aromatic hydroxyl groups is 1. The van der Waals surface area contributed by atoms with Crippen LogP contribution in [0.25, 0.3) is 0 Å². The average Bonchev–Trinajstić information content (AvgIpc) is 2.12. The predicted molar refractivity (Wildman–Crippen MR) is 57.1 cm³/mol. The second-order valence-corrected chi connectivity index (χ2v) is 3.99. The molecule has 0 spiro atoms. The maximum absolute atomic E-state index is 11.3. The van der Waals surface area contributed by atoms with Crippen LogP contribution in [0.3, 0.4) is 0 Å². The van der Waals surface area contributed by atoms with Crippen molar-refractivity contribution >= 4 is 27.7 Å². The van der Waals surface area contributed by atoms with E-state index in [1.165, 1.54) is 6.20 Å². The molecule has 14 heavy (non-hydrogen) atoms. The molecule has 0 saturated heterocycles. The average molecular weight is 259 g/mol. The van der Waals surface area contributed by atoms with Gasteiger partial charge in [0.1, 0.15) is 0 Å². The number of amides is 1. The number of carbonyl (C=O) groups is 1. The predicted octanol–water partition coefficient (Wildman–Crippen LogP) is 2.14. The van der Waals surface area contributed by atoms with Crippen LogP contribution in [0.5, 0.6) is 5.75 Å². The summed E-state index contributed by atoms with van der Waals surface area (Å²) in [5.74, 6) is -0.194. The fourth-order valence-corrected chi connectivity index (χ4v) is 1.09. The van der Waals surface area contributed by atoms with Crippen LogP contribution in [-0.4, -0.2) is 16.0 Å². The second kappa shape index (κ2) is 4.41. The Bertz CT molecular complexity index is 353. The Morgan fingerprint density at radius 3 is 2.86 bits per heavy atom. The third-order valence-electron chi connectivity index (χ3n) is 1.64. The Hall–Kier alpha value is -1.10. The minimum atomic E-state index is -0.175. The highest BCUT2D eigenvalue weighted by molar-refractivity contribution is 9.10. The van der Waals surface area contributed by atoms with Crippen molar-refractivity contribution in [1.82, 2.24) is 4.98 Å². The normalized spacial score (nSPS) is 10.3. The van der Waals surface area contributed by atoms with Crippen molar-refractivity contribution in [3.63, 3.8) is 0 Å². The second-order valence-electron chi connectivity index (χ2n) is 3.13. The summed E-state index contributed by atoms with van der Waals surface area (Å²) in [5, 5.41) is 12.0. The highest BCUT2D eigenvalue weighted by Gasteiger charge is 2.12. The van der Waals surface area contributed by atoms with Gasteiger partial charge in [-0.15, -0.1) is 0 Å². The Kier molecular flexibility index (Phi) is 3.46. The lowest BCUT2D eigenvalue weighted by molar-refractivity contribution is -0.118. The van der Waals surface area contributed by atoms with Gasteiger partial charge in [-0.05, 0) is 22.0 Å². The van der Waals surface area contributed by atoms with Crippen LogP contribution in [0.1, 0.15) is 13.8 Å². The first-order chi connectivity index (χ1) is 6.52. The van der Waals surface area contributed by atoms with Crippen molar-refractivity contribution in [3.8, 4) is 5.75 Å². The molecule has 1 rings (SSSR count). The summed E-state index contributed by atoms with van der Waals surface area (Å²) >= 11 is 3.13. The molecule has 1 aromatic rings. The van der Waals surface area contributed by atoms with Gasteiger partial charge in [0.2, 0.25) is 5.91 Å². The molecule has 0 saturated carbocycles. The molecular formula is C9H11BrN2O2. The number of hydrogen-bond donors (Lipinski definition) is 2. The van der Waals surface area contributed by atoms with E-state index >= 15 is 0 Å². The molecule has 1 aromatic heterocycles. The Labute approximate surface area is 90.5 Å². The zero-order valence-electron chi connectivity index (χ0n) is 7.91. The third kappa shape index (κ3) is 2.45. The molecule has 0 atom stereocenters. The van der Waals surface area contributed by atoms with Crippen molar-refractivity contribution in [3.05, 3.63) is 16.7 Å². The first kappa shape index (κ1) is 11.0. The summed E-state index contributed by atoms with van der Waals surface area (Å²) in [6.45, 7) is 3.54. The number of carbonyl (C=O) groups excluding carboxylic acids is 1. The molecule has 1 amide bonds. The lowest BCUT2D eigenvalue weighted by atomic mass is 10.2. The molecule has 0 aliphatic carbocycles. The van der Waals surface area contributed by atoms with Gasteiger partial charge in [0, 0.05) is 12.1 Å². The number of aromatic nitrogens is 1. The van der Waals surface area contributed by atoms with E-state index < -0.39 is 0 Å². The van der Waals surface area contributed by atoms with Gasteiger partial charge < -0.3 is 10.4 Å². The first-order valence-corrected chi connectivity index (χ1v) is 4.96. The molecule has 2 N–H and O–H groups in total. The number of hydrogen-bond acceptors (Lipinski definition) is 3. The smallest absolute Gasteiger partial charge is 0.228 e. The molecule has 0 aliphatic rings. The van der Waals surface area contributed by atoms with Gasteiger partial charge in [-0.3, -0.25) is 4.79 Å². The third-order valence-corrected chi connectivity index (χ3v) is 2.28. The molecule has 4 nitrogen and oxygen atoms in total. The van der Waals surface area contributed by atoms with Crippen molar-refractivity contribution in [2.75, 3.05) is 5.32 Å². The van der Waals surface area contributed by atoms with Crippen LogP contribution in [0.4, 0.5) is 5.82 Å². The number of nitrogens with one attached hydrogen (secondary N) is 1. The minimum Gasteiger partial charge on any atom is -0.503 e. The molecular weight excluding hydrogens is 248 g/mol. The molecule has 0 aliphatic heterocycles. The fraction of sp³-hybridized carbons (Fsp3) is 0.333. The monoisotopic (exact) mass is 258 g/mol. The zero-order chi connectivity index (χ0) is 10.7. The quantitative estimate of drug-likeness (QED) is 0.855. The van der Waals surface area contributed by atoms with Crippen LogP contribution in [0.15, 0.2) is 16.7 Å². The lowest BCUT2D eigenvalue weighted by Gasteiger charge is -2.08. The Morgan fingerprint density at radius 1 is 1.64 bits per heavy atom. The molecule has 1 heterocycles. The van der Waals surface area contributed by atoms with Gasteiger partial charge >= 0.3 is 0 Å². The van der Waals surface area contributed by atoms with Crippen molar-refractivity contribution < 1.29 is 9.90 Å². The number of rotatable bonds is 2. The molecule has 76 valence electrons. The zero-order valence-corrected chi connectivity index (χ0v) is 9.50. The van der Waals surface area contributed by atoms with Crippen molar-refractivity contribution in [2.45, 2.75) is 13.8 Å². The number of anilines is 1. The van der Waals surface area contributed by atoms with E-state index in [0.717, 1.165) is 0 Å². The number of halogens is 1. The topological polar surface area (TPSA) is 62.2 Å². The Balaban J connectivity index is 2.87. The van der Waals surface area contributed by atoms with E-state index in [9.17, 15) is 9.90 Å². The Morgan fingerprint density at radius 2 is 2.29 bits per heavy atom. The summed E-state index contributed by atoms with van der Waals surface area (Å²) < 4.78 is 0.506. The summed E-state index contributed by atoms with van der Waals surface area (Å²) in [6.07, 6.45) is 1.50. The SMILES string of the molecule is CC(C)C(=O)Nc1nccc(Br)c1O. The van der Waals surface area contributed by atoms with E-state index in [1.54, 1.807) is 19.9 Å². The first-order valence-electron chi connectivity index (χ1n) is 4.16. The summed E-state index contributed by atoms with van der Waals surface area (Å²) in [5.41, 5.74) is 0. The largest absolute Gasteiger partial charge is 0.503 e. The maximum atomic E-state index is 11.3. The molecule has 0 bridgehead atoms. The molecule has 0 aromatic carbocycles. The van der Waals surface area contributed by atoms with Gasteiger partial charge in [0.15, 0.2) is 11.6 Å². The van der Waals surface area contributed by atoms with Gasteiger partial charge in [0.05, 0.1) is 4.47 Å². The molecule has 0 unspecified atom stereocenters. The highest BCUT2D eigenvalue weighted by atomic mass is 79.9. The minimum absolute atomic E-state index is 0.0542.